The average molecular weight is 457 g/mol. The van der Waals surface area contributed by atoms with Crippen LogP contribution in [-0.2, 0) is 4.79 Å². The Bertz CT molecular complexity index is 1290. The lowest BCUT2D eigenvalue weighted by molar-refractivity contribution is -0.111. The predicted molar refractivity (Wildman–Crippen MR) is 135 cm³/mol. The Hall–Kier alpha value is -3.90. The van der Waals surface area contributed by atoms with Crippen molar-refractivity contribution in [1.82, 2.24) is 4.98 Å². The Labute approximate surface area is 197 Å². The minimum absolute atomic E-state index is 0.226. The van der Waals surface area contributed by atoms with E-state index in [0.29, 0.717) is 17.2 Å². The van der Waals surface area contributed by atoms with Crippen LogP contribution < -0.4 is 14.8 Å². The van der Waals surface area contributed by atoms with Crippen LogP contribution in [0.25, 0.3) is 27.9 Å². The van der Waals surface area contributed by atoms with Crippen molar-refractivity contribution in [2.45, 2.75) is 6.92 Å². The third-order valence-electron chi connectivity index (χ3n) is 5.18. The molecule has 0 bridgehead atoms. The van der Waals surface area contributed by atoms with E-state index in [9.17, 15) is 4.79 Å². The molecule has 0 saturated heterocycles. The zero-order chi connectivity index (χ0) is 23.2. The smallest absolute Gasteiger partial charge is 0.248 e. The monoisotopic (exact) mass is 456 g/mol. The van der Waals surface area contributed by atoms with E-state index >= 15 is 0 Å². The van der Waals surface area contributed by atoms with Gasteiger partial charge in [0.15, 0.2) is 0 Å². The van der Waals surface area contributed by atoms with Gasteiger partial charge < -0.3 is 14.8 Å². The maximum atomic E-state index is 12.4. The van der Waals surface area contributed by atoms with Crippen molar-refractivity contribution >= 4 is 29.0 Å². The van der Waals surface area contributed by atoms with Crippen LogP contribution in [0.1, 0.15) is 11.1 Å². The average Bonchev–Trinajstić information content (AvgIpc) is 3.33. The normalized spacial score (nSPS) is 10.9. The fraction of sp³-hybridized carbons (Fsp3) is 0.111. The van der Waals surface area contributed by atoms with Crippen molar-refractivity contribution in [3.63, 3.8) is 0 Å². The molecule has 6 heteroatoms. The fourth-order valence-corrected chi connectivity index (χ4v) is 4.29. The summed E-state index contributed by atoms with van der Waals surface area (Å²) in [7, 11) is 3.18. The molecule has 0 spiro atoms. The topological polar surface area (TPSA) is 60.5 Å². The highest BCUT2D eigenvalue weighted by atomic mass is 32.1. The largest absolute Gasteiger partial charge is 0.497 e. The van der Waals surface area contributed by atoms with Crippen molar-refractivity contribution in [2.24, 2.45) is 0 Å². The number of thiazole rings is 1. The molecule has 1 aromatic heterocycles. The molecule has 0 saturated carbocycles. The van der Waals surface area contributed by atoms with Gasteiger partial charge in [-0.3, -0.25) is 4.79 Å². The third kappa shape index (κ3) is 5.30. The summed E-state index contributed by atoms with van der Waals surface area (Å²) in [6.07, 6.45) is 3.19. The molecule has 1 heterocycles. The number of nitrogens with zero attached hydrogens (tertiary/aromatic N) is 1. The van der Waals surface area contributed by atoms with Gasteiger partial charge in [0.2, 0.25) is 5.91 Å². The van der Waals surface area contributed by atoms with Gasteiger partial charge in [0.25, 0.3) is 0 Å². The van der Waals surface area contributed by atoms with Crippen LogP contribution in [0.15, 0.2) is 78.2 Å². The van der Waals surface area contributed by atoms with Gasteiger partial charge in [0, 0.05) is 39.9 Å². The van der Waals surface area contributed by atoms with Crippen LogP contribution in [0, 0.1) is 6.92 Å². The number of anilines is 1. The quantitative estimate of drug-likeness (QED) is 0.325. The van der Waals surface area contributed by atoms with Gasteiger partial charge in [0.05, 0.1) is 19.9 Å². The van der Waals surface area contributed by atoms with Crippen LogP contribution in [0.5, 0.6) is 11.5 Å². The van der Waals surface area contributed by atoms with E-state index in [2.05, 4.69) is 29.8 Å². The first-order valence-corrected chi connectivity index (χ1v) is 11.3. The van der Waals surface area contributed by atoms with Crippen LogP contribution in [0.3, 0.4) is 0 Å². The first kappa shape index (κ1) is 22.3. The number of aryl methyl sites for hydroxylation is 1. The maximum Gasteiger partial charge on any atom is 0.248 e. The molecular formula is C27H24N2O3S. The van der Waals surface area contributed by atoms with E-state index in [1.165, 1.54) is 11.6 Å². The van der Waals surface area contributed by atoms with Gasteiger partial charge in [-0.25, -0.2) is 4.98 Å². The van der Waals surface area contributed by atoms with Crippen molar-refractivity contribution in [3.8, 4) is 33.3 Å². The fourth-order valence-electron chi connectivity index (χ4n) is 3.37. The molecule has 0 radical (unpaired) electrons. The molecule has 0 aliphatic carbocycles. The van der Waals surface area contributed by atoms with Crippen molar-refractivity contribution < 1.29 is 14.3 Å². The first-order chi connectivity index (χ1) is 16.1. The minimum atomic E-state index is -0.226. The van der Waals surface area contributed by atoms with Gasteiger partial charge in [-0.05, 0) is 42.8 Å². The number of rotatable bonds is 7. The lowest BCUT2D eigenvalue weighted by Gasteiger charge is -2.07. The Kier molecular flexibility index (Phi) is 6.86. The number of amides is 1. The predicted octanol–water partition coefficient (Wildman–Crippen LogP) is 6.45. The highest BCUT2D eigenvalue weighted by molar-refractivity contribution is 7.13. The Morgan fingerprint density at radius 2 is 1.79 bits per heavy atom. The Morgan fingerprint density at radius 1 is 1.00 bits per heavy atom. The molecular weight excluding hydrogens is 432 g/mol. The Morgan fingerprint density at radius 3 is 2.52 bits per heavy atom. The van der Waals surface area contributed by atoms with E-state index in [0.717, 1.165) is 27.4 Å². The number of aromatic nitrogens is 1. The molecule has 0 atom stereocenters. The molecule has 1 amide bonds. The highest BCUT2D eigenvalue weighted by Crippen LogP contribution is 2.31. The summed E-state index contributed by atoms with van der Waals surface area (Å²) in [6, 6.07) is 21.4. The highest BCUT2D eigenvalue weighted by Gasteiger charge is 2.09. The van der Waals surface area contributed by atoms with Gasteiger partial charge in [-0.2, -0.15) is 0 Å². The molecule has 0 aliphatic heterocycles. The van der Waals surface area contributed by atoms with Crippen molar-refractivity contribution in [2.75, 3.05) is 19.5 Å². The summed E-state index contributed by atoms with van der Waals surface area (Å²) >= 11 is 1.63. The molecule has 0 unspecified atom stereocenters. The number of carbonyl (C=O) groups is 1. The van der Waals surface area contributed by atoms with Gasteiger partial charge in [-0.1, -0.05) is 36.4 Å². The van der Waals surface area contributed by atoms with Gasteiger partial charge in [-0.15, -0.1) is 11.3 Å². The number of hydrogen-bond acceptors (Lipinski definition) is 5. The van der Waals surface area contributed by atoms with E-state index in [4.69, 9.17) is 14.5 Å². The van der Waals surface area contributed by atoms with Crippen molar-refractivity contribution in [3.05, 3.63) is 89.3 Å². The summed E-state index contributed by atoms with van der Waals surface area (Å²) in [5, 5.41) is 5.94. The molecule has 0 aliphatic rings. The number of nitrogens with one attached hydrogen (secondary N) is 1. The van der Waals surface area contributed by atoms with Gasteiger partial charge in [0.1, 0.15) is 16.5 Å². The minimum Gasteiger partial charge on any atom is -0.497 e. The summed E-state index contributed by atoms with van der Waals surface area (Å²) in [6.45, 7) is 2.09. The number of hydrogen-bond donors (Lipinski definition) is 1. The summed E-state index contributed by atoms with van der Waals surface area (Å²) < 4.78 is 10.6. The SMILES string of the molecule is COc1ccc(/C=C/C(=O)Nc2ccc(-c3csc(-c4ccccc4C)n3)cc2)c(OC)c1. The molecule has 4 aromatic rings. The third-order valence-corrected chi connectivity index (χ3v) is 6.06. The second-order valence-corrected chi connectivity index (χ2v) is 8.22. The zero-order valence-corrected chi connectivity index (χ0v) is 19.5. The molecule has 5 nitrogen and oxygen atoms in total. The standard InChI is InChI=1S/C27H24N2O3S/c1-18-6-4-5-7-23(18)27-29-24(17-33-27)19-8-12-21(13-9-19)28-26(30)15-11-20-10-14-22(31-2)16-25(20)32-3/h4-17H,1-3H3,(H,28,30)/b15-11+. The maximum absolute atomic E-state index is 12.4. The second-order valence-electron chi connectivity index (χ2n) is 7.36. The molecule has 3 aromatic carbocycles. The molecule has 33 heavy (non-hydrogen) atoms. The molecule has 1 N–H and O–H groups in total. The summed E-state index contributed by atoms with van der Waals surface area (Å²) in [4.78, 5) is 17.2. The molecule has 4 rings (SSSR count). The van der Waals surface area contributed by atoms with E-state index in [1.54, 1.807) is 37.7 Å². The van der Waals surface area contributed by atoms with E-state index < -0.39 is 0 Å². The molecule has 166 valence electrons. The number of ether oxygens (including phenoxy) is 2. The van der Waals surface area contributed by atoms with Crippen LogP contribution in [0.2, 0.25) is 0 Å². The van der Waals surface area contributed by atoms with E-state index in [1.807, 2.05) is 48.5 Å². The van der Waals surface area contributed by atoms with Crippen LogP contribution in [0.4, 0.5) is 5.69 Å². The van der Waals surface area contributed by atoms with Crippen LogP contribution in [-0.4, -0.2) is 25.1 Å². The zero-order valence-electron chi connectivity index (χ0n) is 18.7. The number of carbonyl (C=O) groups excluding carboxylic acids is 1. The number of benzene rings is 3. The second kappa shape index (κ2) is 10.1. The summed E-state index contributed by atoms with van der Waals surface area (Å²) in [5.74, 6) is 1.10. The van der Waals surface area contributed by atoms with Crippen molar-refractivity contribution in [1.29, 1.82) is 0 Å². The van der Waals surface area contributed by atoms with Crippen LogP contribution >= 0.6 is 11.3 Å². The number of methoxy groups -OCH3 is 2. The van der Waals surface area contributed by atoms with Gasteiger partial charge >= 0.3 is 0 Å². The summed E-state index contributed by atoms with van der Waals surface area (Å²) in [5.41, 5.74) is 5.78. The lowest BCUT2D eigenvalue weighted by Crippen LogP contribution is -2.07. The lowest BCUT2D eigenvalue weighted by atomic mass is 10.1. The molecule has 0 fully saturated rings. The first-order valence-electron chi connectivity index (χ1n) is 10.4. The van der Waals surface area contributed by atoms with E-state index in [-0.39, 0.29) is 5.91 Å². The Balaban J connectivity index is 1.43.